The number of amides is 1. The third-order valence-electron chi connectivity index (χ3n) is 3.24. The maximum absolute atomic E-state index is 12.6. The van der Waals surface area contributed by atoms with Gasteiger partial charge in [-0.3, -0.25) is 4.79 Å². The normalized spacial score (nSPS) is 11.2. The minimum Gasteiger partial charge on any atom is -0.484 e. The first-order chi connectivity index (χ1) is 11.3. The van der Waals surface area contributed by atoms with Gasteiger partial charge in [-0.15, -0.1) is 0 Å². The molecule has 0 fully saturated rings. The lowest BCUT2D eigenvalue weighted by Gasteiger charge is -2.10. The summed E-state index contributed by atoms with van der Waals surface area (Å²) >= 11 is 5.89. The van der Waals surface area contributed by atoms with Gasteiger partial charge in [0.25, 0.3) is 5.91 Å². The van der Waals surface area contributed by atoms with Gasteiger partial charge in [0, 0.05) is 11.6 Å². The van der Waals surface area contributed by atoms with Gasteiger partial charge < -0.3 is 10.1 Å². The monoisotopic (exact) mass is 357 g/mol. The summed E-state index contributed by atoms with van der Waals surface area (Å²) in [6, 6.07) is 9.79. The van der Waals surface area contributed by atoms with Crippen LogP contribution >= 0.6 is 11.6 Å². The number of carbonyl (C=O) groups is 1. The highest BCUT2D eigenvalue weighted by molar-refractivity contribution is 6.31. The average molecular weight is 358 g/mol. The highest BCUT2D eigenvalue weighted by Gasteiger charge is 2.30. The Kier molecular flexibility index (Phi) is 5.72. The molecule has 7 heteroatoms. The first kappa shape index (κ1) is 18.1. The first-order valence-corrected chi connectivity index (χ1v) is 7.45. The van der Waals surface area contributed by atoms with Gasteiger partial charge in [-0.05, 0) is 48.4 Å². The summed E-state index contributed by atoms with van der Waals surface area (Å²) in [5, 5.41) is 3.11. The number of benzene rings is 2. The van der Waals surface area contributed by atoms with Crippen molar-refractivity contribution in [2.75, 3.05) is 6.61 Å². The smallest absolute Gasteiger partial charge is 0.416 e. The zero-order valence-electron chi connectivity index (χ0n) is 12.8. The molecule has 0 aliphatic carbocycles. The Labute approximate surface area is 142 Å². The Morgan fingerprint density at radius 3 is 2.62 bits per heavy atom. The van der Waals surface area contributed by atoms with Crippen LogP contribution in [0.25, 0.3) is 0 Å². The van der Waals surface area contributed by atoms with Gasteiger partial charge in [-0.25, -0.2) is 0 Å². The van der Waals surface area contributed by atoms with Crippen molar-refractivity contribution in [1.82, 2.24) is 5.32 Å². The zero-order chi connectivity index (χ0) is 17.7. The van der Waals surface area contributed by atoms with Crippen molar-refractivity contribution in [3.8, 4) is 5.75 Å². The summed E-state index contributed by atoms with van der Waals surface area (Å²) in [5.41, 5.74) is 0.432. The maximum atomic E-state index is 12.6. The van der Waals surface area contributed by atoms with Crippen LogP contribution in [0.3, 0.4) is 0 Å². The molecule has 1 N–H and O–H groups in total. The Hall–Kier alpha value is -2.21. The predicted molar refractivity (Wildman–Crippen MR) is 85.0 cm³/mol. The highest BCUT2D eigenvalue weighted by Crippen LogP contribution is 2.29. The molecule has 0 atom stereocenters. The molecule has 2 aromatic carbocycles. The van der Waals surface area contributed by atoms with Gasteiger partial charge in [0.1, 0.15) is 5.75 Å². The van der Waals surface area contributed by atoms with E-state index in [-0.39, 0.29) is 13.2 Å². The lowest BCUT2D eigenvalue weighted by atomic mass is 10.1. The standard InChI is InChI=1S/C17H15ClF3NO2/c1-11-7-14(5-6-15(11)18)24-10-16(23)22-9-12-3-2-4-13(8-12)17(19,20)21/h2-8H,9-10H2,1H3,(H,22,23). The first-order valence-electron chi connectivity index (χ1n) is 7.07. The van der Waals surface area contributed by atoms with E-state index in [1.54, 1.807) is 18.2 Å². The molecule has 0 saturated heterocycles. The van der Waals surface area contributed by atoms with Gasteiger partial charge in [-0.1, -0.05) is 23.7 Å². The van der Waals surface area contributed by atoms with Crippen LogP contribution in [0.2, 0.25) is 5.02 Å². The molecule has 0 bridgehead atoms. The van der Waals surface area contributed by atoms with Crippen LogP contribution in [-0.4, -0.2) is 12.5 Å². The number of hydrogen-bond donors (Lipinski definition) is 1. The van der Waals surface area contributed by atoms with E-state index in [0.29, 0.717) is 16.3 Å². The third-order valence-corrected chi connectivity index (χ3v) is 3.67. The van der Waals surface area contributed by atoms with Crippen LogP contribution in [0.1, 0.15) is 16.7 Å². The topological polar surface area (TPSA) is 38.3 Å². The van der Waals surface area contributed by atoms with Gasteiger partial charge in [-0.2, -0.15) is 13.2 Å². The Morgan fingerprint density at radius 2 is 1.96 bits per heavy atom. The summed E-state index contributed by atoms with van der Waals surface area (Å²) in [6.45, 7) is 1.56. The lowest BCUT2D eigenvalue weighted by Crippen LogP contribution is -2.28. The van der Waals surface area contributed by atoms with E-state index < -0.39 is 17.6 Å². The molecular weight excluding hydrogens is 343 g/mol. The molecule has 3 nitrogen and oxygen atoms in total. The third kappa shape index (κ3) is 5.16. The van der Waals surface area contributed by atoms with Crippen molar-refractivity contribution >= 4 is 17.5 Å². The molecule has 0 aliphatic heterocycles. The van der Waals surface area contributed by atoms with Crippen LogP contribution in [0.4, 0.5) is 13.2 Å². The van der Waals surface area contributed by atoms with Crippen LogP contribution in [0, 0.1) is 6.92 Å². The molecule has 1 amide bonds. The van der Waals surface area contributed by atoms with Crippen molar-refractivity contribution < 1.29 is 22.7 Å². The van der Waals surface area contributed by atoms with Crippen LogP contribution in [0.15, 0.2) is 42.5 Å². The van der Waals surface area contributed by atoms with Gasteiger partial charge >= 0.3 is 6.18 Å². The number of ether oxygens (including phenoxy) is 1. The summed E-state index contributed by atoms with van der Waals surface area (Å²) in [4.78, 5) is 11.7. The molecule has 128 valence electrons. The van der Waals surface area contributed by atoms with Gasteiger partial charge in [0.2, 0.25) is 0 Å². The quantitative estimate of drug-likeness (QED) is 0.863. The molecule has 0 radical (unpaired) electrons. The van der Waals surface area contributed by atoms with Crippen LogP contribution in [0.5, 0.6) is 5.75 Å². The largest absolute Gasteiger partial charge is 0.484 e. The number of alkyl halides is 3. The highest BCUT2D eigenvalue weighted by atomic mass is 35.5. The van der Waals surface area contributed by atoms with Crippen LogP contribution in [-0.2, 0) is 17.5 Å². The molecule has 24 heavy (non-hydrogen) atoms. The fourth-order valence-corrected chi connectivity index (χ4v) is 2.08. The minimum absolute atomic E-state index is 0.00818. The second kappa shape index (κ2) is 7.57. The fraction of sp³-hybridized carbons (Fsp3) is 0.235. The van der Waals surface area contributed by atoms with Crippen molar-refractivity contribution in [3.05, 3.63) is 64.2 Å². The zero-order valence-corrected chi connectivity index (χ0v) is 13.5. The molecule has 2 rings (SSSR count). The number of nitrogens with one attached hydrogen (secondary N) is 1. The molecule has 0 unspecified atom stereocenters. The Balaban J connectivity index is 1.86. The molecule has 2 aromatic rings. The Morgan fingerprint density at radius 1 is 1.21 bits per heavy atom. The molecule has 0 heterocycles. The Bertz CT molecular complexity index is 732. The second-order valence-electron chi connectivity index (χ2n) is 5.17. The average Bonchev–Trinajstić information content (AvgIpc) is 2.53. The van der Waals surface area contributed by atoms with E-state index in [1.165, 1.54) is 12.1 Å². The number of halogens is 4. The van der Waals surface area contributed by atoms with E-state index in [0.717, 1.165) is 17.7 Å². The fourth-order valence-electron chi connectivity index (χ4n) is 1.97. The van der Waals surface area contributed by atoms with E-state index in [4.69, 9.17) is 16.3 Å². The lowest BCUT2D eigenvalue weighted by molar-refractivity contribution is -0.137. The summed E-state index contributed by atoms with van der Waals surface area (Å²) in [7, 11) is 0. The van der Waals surface area contributed by atoms with Gasteiger partial charge in [0.05, 0.1) is 5.56 Å². The van der Waals surface area contributed by atoms with Crippen molar-refractivity contribution in [2.24, 2.45) is 0 Å². The van der Waals surface area contributed by atoms with E-state index >= 15 is 0 Å². The summed E-state index contributed by atoms with van der Waals surface area (Å²) in [5.74, 6) is 0.0612. The molecular formula is C17H15ClF3NO2. The molecule has 0 spiro atoms. The number of hydrogen-bond acceptors (Lipinski definition) is 2. The van der Waals surface area contributed by atoms with Crippen molar-refractivity contribution in [1.29, 1.82) is 0 Å². The number of aryl methyl sites for hydroxylation is 1. The molecule has 0 aliphatic rings. The van der Waals surface area contributed by atoms with Crippen molar-refractivity contribution in [3.63, 3.8) is 0 Å². The maximum Gasteiger partial charge on any atom is 0.416 e. The number of rotatable bonds is 5. The van der Waals surface area contributed by atoms with E-state index in [1.807, 2.05) is 6.92 Å². The second-order valence-corrected chi connectivity index (χ2v) is 5.58. The summed E-state index contributed by atoms with van der Waals surface area (Å²) in [6.07, 6.45) is -4.41. The van der Waals surface area contributed by atoms with E-state index in [2.05, 4.69) is 5.32 Å². The minimum atomic E-state index is -4.41. The van der Waals surface area contributed by atoms with Crippen molar-refractivity contribution in [2.45, 2.75) is 19.6 Å². The summed E-state index contributed by atoms with van der Waals surface area (Å²) < 4.78 is 43.2. The van der Waals surface area contributed by atoms with Gasteiger partial charge in [0.15, 0.2) is 6.61 Å². The molecule has 0 saturated carbocycles. The number of carbonyl (C=O) groups excluding carboxylic acids is 1. The van der Waals surface area contributed by atoms with Crippen LogP contribution < -0.4 is 10.1 Å². The SMILES string of the molecule is Cc1cc(OCC(=O)NCc2cccc(C(F)(F)F)c2)ccc1Cl. The van der Waals surface area contributed by atoms with E-state index in [9.17, 15) is 18.0 Å². The predicted octanol–water partition coefficient (Wildman–Crippen LogP) is 4.36. The molecule has 0 aromatic heterocycles.